The molecule has 0 radical (unpaired) electrons. The highest BCUT2D eigenvalue weighted by atomic mass is 79.9. The summed E-state index contributed by atoms with van der Waals surface area (Å²) in [5, 5.41) is 4.45. The van der Waals surface area contributed by atoms with E-state index in [9.17, 15) is 4.79 Å². The summed E-state index contributed by atoms with van der Waals surface area (Å²) in [6.45, 7) is 1.86. The van der Waals surface area contributed by atoms with Gasteiger partial charge >= 0.3 is 0 Å². The second-order valence-corrected chi connectivity index (χ2v) is 5.30. The SMILES string of the molecule is Cc1ccc(-c2nn(-c3cccc(Br)c3)cc2C=O)o1. The van der Waals surface area contributed by atoms with E-state index in [2.05, 4.69) is 21.0 Å². The van der Waals surface area contributed by atoms with Crippen LogP contribution in [0.4, 0.5) is 0 Å². The second-order valence-electron chi connectivity index (χ2n) is 4.39. The molecule has 0 N–H and O–H groups in total. The highest BCUT2D eigenvalue weighted by Crippen LogP contribution is 2.25. The number of rotatable bonds is 3. The summed E-state index contributed by atoms with van der Waals surface area (Å²) in [4.78, 5) is 11.2. The monoisotopic (exact) mass is 330 g/mol. The second kappa shape index (κ2) is 5.09. The Balaban J connectivity index is 2.11. The fourth-order valence-electron chi connectivity index (χ4n) is 1.98. The Morgan fingerprint density at radius 1 is 1.30 bits per heavy atom. The maximum atomic E-state index is 11.2. The van der Waals surface area contributed by atoms with Crippen LogP contribution in [0.1, 0.15) is 16.1 Å². The predicted molar refractivity (Wildman–Crippen MR) is 79.1 cm³/mol. The van der Waals surface area contributed by atoms with Crippen molar-refractivity contribution >= 4 is 22.2 Å². The largest absolute Gasteiger partial charge is 0.460 e. The van der Waals surface area contributed by atoms with Gasteiger partial charge in [-0.2, -0.15) is 5.10 Å². The van der Waals surface area contributed by atoms with Crippen molar-refractivity contribution in [1.29, 1.82) is 0 Å². The van der Waals surface area contributed by atoms with E-state index >= 15 is 0 Å². The average Bonchev–Trinajstić information content (AvgIpc) is 3.04. The van der Waals surface area contributed by atoms with E-state index in [0.717, 1.165) is 22.2 Å². The number of furan rings is 1. The molecule has 0 fully saturated rings. The summed E-state index contributed by atoms with van der Waals surface area (Å²) in [5.41, 5.74) is 1.92. The van der Waals surface area contributed by atoms with Crippen molar-refractivity contribution in [1.82, 2.24) is 9.78 Å². The maximum absolute atomic E-state index is 11.2. The van der Waals surface area contributed by atoms with Gasteiger partial charge in [-0.3, -0.25) is 4.79 Å². The first-order valence-corrected chi connectivity index (χ1v) is 6.84. The molecule has 3 rings (SSSR count). The van der Waals surface area contributed by atoms with Crippen molar-refractivity contribution in [2.75, 3.05) is 0 Å². The lowest BCUT2D eigenvalue weighted by atomic mass is 10.2. The Morgan fingerprint density at radius 2 is 2.15 bits per heavy atom. The van der Waals surface area contributed by atoms with E-state index in [1.807, 2.05) is 43.3 Å². The normalized spacial score (nSPS) is 10.7. The molecule has 0 atom stereocenters. The molecule has 0 aliphatic carbocycles. The number of aldehydes is 1. The van der Waals surface area contributed by atoms with Crippen LogP contribution in [0.15, 0.2) is 51.5 Å². The van der Waals surface area contributed by atoms with Crippen molar-refractivity contribution < 1.29 is 9.21 Å². The molecule has 0 aliphatic rings. The summed E-state index contributed by atoms with van der Waals surface area (Å²) in [5.74, 6) is 1.38. The molecular weight excluding hydrogens is 320 g/mol. The quantitative estimate of drug-likeness (QED) is 0.681. The van der Waals surface area contributed by atoms with Gasteiger partial charge in [-0.25, -0.2) is 4.68 Å². The minimum atomic E-state index is 0.499. The Labute approximate surface area is 124 Å². The molecule has 0 saturated heterocycles. The minimum absolute atomic E-state index is 0.499. The summed E-state index contributed by atoms with van der Waals surface area (Å²) < 4.78 is 8.16. The first kappa shape index (κ1) is 12.9. The summed E-state index contributed by atoms with van der Waals surface area (Å²) in [7, 11) is 0. The van der Waals surface area contributed by atoms with Crippen LogP contribution in [0.3, 0.4) is 0 Å². The van der Waals surface area contributed by atoms with Crippen molar-refractivity contribution in [2.45, 2.75) is 6.92 Å². The Morgan fingerprint density at radius 3 is 2.80 bits per heavy atom. The zero-order valence-electron chi connectivity index (χ0n) is 10.7. The van der Waals surface area contributed by atoms with Crippen LogP contribution in [0.25, 0.3) is 17.1 Å². The molecule has 0 spiro atoms. The van der Waals surface area contributed by atoms with Crippen LogP contribution in [-0.2, 0) is 0 Å². The van der Waals surface area contributed by atoms with Crippen molar-refractivity contribution in [3.05, 3.63) is 58.4 Å². The Hall–Kier alpha value is -2.14. The lowest BCUT2D eigenvalue weighted by molar-refractivity contribution is 0.112. The number of aromatic nitrogens is 2. The molecule has 5 heteroatoms. The van der Waals surface area contributed by atoms with E-state index in [1.54, 1.807) is 10.9 Å². The zero-order valence-corrected chi connectivity index (χ0v) is 12.3. The molecule has 0 amide bonds. The van der Waals surface area contributed by atoms with Gasteiger partial charge in [0.1, 0.15) is 11.5 Å². The minimum Gasteiger partial charge on any atom is -0.460 e. The Kier molecular flexibility index (Phi) is 3.28. The van der Waals surface area contributed by atoms with E-state index < -0.39 is 0 Å². The van der Waals surface area contributed by atoms with Crippen LogP contribution in [-0.4, -0.2) is 16.1 Å². The van der Waals surface area contributed by atoms with Gasteiger partial charge in [-0.1, -0.05) is 22.0 Å². The molecule has 4 nitrogen and oxygen atoms in total. The molecule has 2 aromatic heterocycles. The van der Waals surface area contributed by atoms with Crippen LogP contribution in [0, 0.1) is 6.92 Å². The molecule has 3 aromatic rings. The van der Waals surface area contributed by atoms with Gasteiger partial charge < -0.3 is 4.42 Å². The van der Waals surface area contributed by atoms with E-state index in [-0.39, 0.29) is 0 Å². The number of benzene rings is 1. The third-order valence-electron chi connectivity index (χ3n) is 2.92. The molecule has 0 aliphatic heterocycles. The van der Waals surface area contributed by atoms with E-state index in [0.29, 0.717) is 17.0 Å². The molecule has 20 heavy (non-hydrogen) atoms. The van der Waals surface area contributed by atoms with Crippen LogP contribution in [0.5, 0.6) is 0 Å². The van der Waals surface area contributed by atoms with Gasteiger partial charge in [-0.15, -0.1) is 0 Å². The molecule has 1 aromatic carbocycles. The average molecular weight is 331 g/mol. The number of carbonyl (C=O) groups excluding carboxylic acids is 1. The van der Waals surface area contributed by atoms with Crippen LogP contribution in [0.2, 0.25) is 0 Å². The fraction of sp³-hybridized carbons (Fsp3) is 0.0667. The first-order chi connectivity index (χ1) is 9.67. The third-order valence-corrected chi connectivity index (χ3v) is 3.41. The summed E-state index contributed by atoms with van der Waals surface area (Å²) >= 11 is 3.42. The fourth-order valence-corrected chi connectivity index (χ4v) is 2.36. The number of carbonyl (C=O) groups is 1. The highest BCUT2D eigenvalue weighted by Gasteiger charge is 2.14. The summed E-state index contributed by atoms with van der Waals surface area (Å²) in [6.07, 6.45) is 2.48. The molecule has 100 valence electrons. The van der Waals surface area contributed by atoms with Gasteiger partial charge in [0.25, 0.3) is 0 Å². The smallest absolute Gasteiger partial charge is 0.155 e. The maximum Gasteiger partial charge on any atom is 0.155 e. The number of aryl methyl sites for hydroxylation is 1. The molecule has 0 saturated carbocycles. The molecule has 2 heterocycles. The van der Waals surface area contributed by atoms with Gasteiger partial charge in [0, 0.05) is 10.7 Å². The van der Waals surface area contributed by atoms with Crippen molar-refractivity contribution in [3.8, 4) is 17.1 Å². The number of hydrogen-bond donors (Lipinski definition) is 0. The van der Waals surface area contributed by atoms with Gasteiger partial charge in [-0.05, 0) is 37.3 Å². The van der Waals surface area contributed by atoms with E-state index in [4.69, 9.17) is 4.42 Å². The highest BCUT2D eigenvalue weighted by molar-refractivity contribution is 9.10. The molecule has 0 bridgehead atoms. The van der Waals surface area contributed by atoms with Crippen molar-refractivity contribution in [3.63, 3.8) is 0 Å². The predicted octanol–water partition coefficient (Wildman–Crippen LogP) is 4.02. The van der Waals surface area contributed by atoms with Gasteiger partial charge in [0.2, 0.25) is 0 Å². The summed E-state index contributed by atoms with van der Waals surface area (Å²) in [6, 6.07) is 11.4. The number of nitrogens with zero attached hydrogens (tertiary/aromatic N) is 2. The van der Waals surface area contributed by atoms with Crippen molar-refractivity contribution in [2.24, 2.45) is 0 Å². The van der Waals surface area contributed by atoms with Gasteiger partial charge in [0.15, 0.2) is 12.0 Å². The number of halogens is 1. The topological polar surface area (TPSA) is 48.0 Å². The lowest BCUT2D eigenvalue weighted by Crippen LogP contribution is -1.94. The lowest BCUT2D eigenvalue weighted by Gasteiger charge is -2.00. The van der Waals surface area contributed by atoms with Crippen LogP contribution < -0.4 is 0 Å². The zero-order chi connectivity index (χ0) is 14.1. The third kappa shape index (κ3) is 2.32. The Bertz CT molecular complexity index is 774. The van der Waals surface area contributed by atoms with E-state index in [1.165, 1.54) is 0 Å². The number of hydrogen-bond acceptors (Lipinski definition) is 3. The molecular formula is C15H11BrN2O2. The molecule has 0 unspecified atom stereocenters. The van der Waals surface area contributed by atoms with Crippen LogP contribution >= 0.6 is 15.9 Å². The van der Waals surface area contributed by atoms with Gasteiger partial charge in [0.05, 0.1) is 11.3 Å². The standard InChI is InChI=1S/C15H11BrN2O2/c1-10-5-6-14(20-10)15-11(9-19)8-18(17-15)13-4-2-3-12(16)7-13/h2-9H,1H3. The first-order valence-electron chi connectivity index (χ1n) is 6.05.